The van der Waals surface area contributed by atoms with Crippen LogP contribution in [0.1, 0.15) is 22.3 Å². The Kier molecular flexibility index (Phi) is 7.96. The Labute approximate surface area is 323 Å². The van der Waals surface area contributed by atoms with E-state index in [1.165, 1.54) is 88.3 Å². The van der Waals surface area contributed by atoms with Gasteiger partial charge in [0, 0.05) is 11.1 Å². The van der Waals surface area contributed by atoms with Gasteiger partial charge in [0.15, 0.2) is 0 Å². The summed E-state index contributed by atoms with van der Waals surface area (Å²) in [5, 5.41) is 4.96. The lowest BCUT2D eigenvalue weighted by Gasteiger charge is -2.21. The smallest absolute Gasteiger partial charge is 0.134 e. The van der Waals surface area contributed by atoms with Gasteiger partial charge in [-0.3, -0.25) is 0 Å². The molecule has 0 unspecified atom stereocenters. The van der Waals surface area contributed by atoms with E-state index in [1.807, 2.05) is 0 Å². The number of para-hydroxylation sites is 1. The molecule has 1 aliphatic rings. The number of fused-ring (bicyclic) bond motifs is 5. The molecule has 9 aromatic rings. The molecule has 0 spiro atoms. The number of hydrogen-bond donors (Lipinski definition) is 0. The molecule has 0 aliphatic heterocycles. The molecule has 262 valence electrons. The molecular formula is C54H40O. The van der Waals surface area contributed by atoms with Gasteiger partial charge >= 0.3 is 0 Å². The highest BCUT2D eigenvalue weighted by atomic mass is 16.5. The average molecular weight is 705 g/mol. The minimum Gasteiger partial charge on any atom is -0.495 e. The van der Waals surface area contributed by atoms with Gasteiger partial charge in [-0.05, 0) is 121 Å². The molecule has 0 saturated heterocycles. The third-order valence-corrected chi connectivity index (χ3v) is 11.6. The SMILES string of the molecule is COc1c(-c2ccccc2)cccc1-c1ccc2c(-c3ccc(C)cc3)c3cc(-c4cccc5c4Cc4ccccc4-5)ccc3c(-c3ccc(C)cc3)c2c1. The molecule has 1 nitrogen and oxygen atoms in total. The first-order valence-electron chi connectivity index (χ1n) is 19.2. The fourth-order valence-corrected chi connectivity index (χ4v) is 8.88. The monoisotopic (exact) mass is 704 g/mol. The van der Waals surface area contributed by atoms with Crippen molar-refractivity contribution < 1.29 is 4.74 Å². The van der Waals surface area contributed by atoms with Crippen molar-refractivity contribution in [1.29, 1.82) is 0 Å². The van der Waals surface area contributed by atoms with Crippen LogP contribution in [0.4, 0.5) is 0 Å². The second-order valence-electron chi connectivity index (χ2n) is 14.9. The summed E-state index contributed by atoms with van der Waals surface area (Å²) >= 11 is 0. The van der Waals surface area contributed by atoms with Crippen LogP contribution in [0, 0.1) is 13.8 Å². The van der Waals surface area contributed by atoms with Crippen LogP contribution >= 0.6 is 0 Å². The summed E-state index contributed by atoms with van der Waals surface area (Å²) in [5.41, 5.74) is 19.9. The number of aryl methyl sites for hydroxylation is 2. The standard InChI is InChI=1S/C54H40O/c1-34-19-23-37(24-20-34)52-48-30-28-41(45-17-10-16-44(54(45)55-3)36-11-5-4-6-12-36)33-51(48)53(38-25-21-35(2)22-26-38)47-29-27-40(32-50(47)52)43-15-9-18-46-42-14-8-7-13-39(42)31-49(43)46/h4-30,32-33H,31H2,1-3H3. The fourth-order valence-electron chi connectivity index (χ4n) is 8.88. The summed E-state index contributed by atoms with van der Waals surface area (Å²) in [6.07, 6.45) is 0.953. The van der Waals surface area contributed by atoms with E-state index in [4.69, 9.17) is 4.74 Å². The highest BCUT2D eigenvalue weighted by Gasteiger charge is 2.23. The maximum atomic E-state index is 6.21. The van der Waals surface area contributed by atoms with Crippen molar-refractivity contribution in [3.05, 3.63) is 198 Å². The molecule has 0 radical (unpaired) electrons. The molecule has 0 fully saturated rings. The van der Waals surface area contributed by atoms with Crippen LogP contribution in [0.15, 0.2) is 176 Å². The summed E-state index contributed by atoms with van der Waals surface area (Å²) in [6, 6.07) is 65.0. The van der Waals surface area contributed by atoms with Crippen molar-refractivity contribution in [3.63, 3.8) is 0 Å². The van der Waals surface area contributed by atoms with Gasteiger partial charge in [0.25, 0.3) is 0 Å². The van der Waals surface area contributed by atoms with Crippen molar-refractivity contribution in [2.75, 3.05) is 7.11 Å². The summed E-state index contributed by atoms with van der Waals surface area (Å²) < 4.78 is 6.21. The van der Waals surface area contributed by atoms with Gasteiger partial charge in [-0.25, -0.2) is 0 Å². The fraction of sp³-hybridized carbons (Fsp3) is 0.0741. The van der Waals surface area contributed by atoms with Crippen LogP contribution in [0.3, 0.4) is 0 Å². The van der Waals surface area contributed by atoms with Gasteiger partial charge < -0.3 is 4.74 Å². The average Bonchev–Trinajstić information content (AvgIpc) is 3.62. The van der Waals surface area contributed by atoms with Crippen LogP contribution in [0.2, 0.25) is 0 Å². The second kappa shape index (κ2) is 13.3. The van der Waals surface area contributed by atoms with Crippen molar-refractivity contribution in [2.45, 2.75) is 20.3 Å². The topological polar surface area (TPSA) is 9.23 Å². The third kappa shape index (κ3) is 5.55. The Hall–Kier alpha value is -6.70. The summed E-state index contributed by atoms with van der Waals surface area (Å²) in [5.74, 6) is 0.881. The van der Waals surface area contributed by atoms with Crippen molar-refractivity contribution in [3.8, 4) is 72.5 Å². The molecule has 0 heterocycles. The zero-order valence-corrected chi connectivity index (χ0v) is 31.4. The largest absolute Gasteiger partial charge is 0.495 e. The van der Waals surface area contributed by atoms with Crippen molar-refractivity contribution in [2.24, 2.45) is 0 Å². The zero-order valence-electron chi connectivity index (χ0n) is 31.4. The van der Waals surface area contributed by atoms with E-state index >= 15 is 0 Å². The normalized spacial score (nSPS) is 11.8. The molecule has 0 N–H and O–H groups in total. The van der Waals surface area contributed by atoms with Gasteiger partial charge in [-0.15, -0.1) is 0 Å². The Morgan fingerprint density at radius 3 is 1.44 bits per heavy atom. The molecule has 0 bridgehead atoms. The molecule has 10 rings (SSSR count). The van der Waals surface area contributed by atoms with E-state index < -0.39 is 0 Å². The zero-order chi connectivity index (χ0) is 37.0. The number of hydrogen-bond acceptors (Lipinski definition) is 1. The summed E-state index contributed by atoms with van der Waals surface area (Å²) in [7, 11) is 1.78. The number of rotatable bonds is 6. The minimum atomic E-state index is 0.881. The number of ether oxygens (including phenoxy) is 1. The molecule has 0 saturated carbocycles. The van der Waals surface area contributed by atoms with Crippen LogP contribution in [0.25, 0.3) is 88.3 Å². The summed E-state index contributed by atoms with van der Waals surface area (Å²) in [4.78, 5) is 0. The van der Waals surface area contributed by atoms with E-state index in [9.17, 15) is 0 Å². The highest BCUT2D eigenvalue weighted by molar-refractivity contribution is 6.22. The molecular weight excluding hydrogens is 665 g/mol. The Morgan fingerprint density at radius 1 is 0.364 bits per heavy atom. The van der Waals surface area contributed by atoms with Gasteiger partial charge in [0.2, 0.25) is 0 Å². The maximum absolute atomic E-state index is 6.21. The van der Waals surface area contributed by atoms with Gasteiger partial charge in [-0.2, -0.15) is 0 Å². The maximum Gasteiger partial charge on any atom is 0.134 e. The van der Waals surface area contributed by atoms with Crippen LogP contribution in [-0.2, 0) is 6.42 Å². The first-order valence-corrected chi connectivity index (χ1v) is 19.2. The Morgan fingerprint density at radius 2 is 0.836 bits per heavy atom. The van der Waals surface area contributed by atoms with Crippen LogP contribution < -0.4 is 4.74 Å². The molecule has 0 amide bonds. The van der Waals surface area contributed by atoms with Gasteiger partial charge in [0.1, 0.15) is 5.75 Å². The predicted molar refractivity (Wildman–Crippen MR) is 233 cm³/mol. The quantitative estimate of drug-likeness (QED) is 0.157. The molecule has 1 heteroatoms. The van der Waals surface area contributed by atoms with Gasteiger partial charge in [0.05, 0.1) is 7.11 Å². The first kappa shape index (κ1) is 32.9. The van der Waals surface area contributed by atoms with E-state index in [1.54, 1.807) is 7.11 Å². The molecule has 0 aromatic heterocycles. The lowest BCUT2D eigenvalue weighted by molar-refractivity contribution is 0.418. The van der Waals surface area contributed by atoms with E-state index in [0.29, 0.717) is 0 Å². The molecule has 55 heavy (non-hydrogen) atoms. The lowest BCUT2D eigenvalue weighted by atomic mass is 9.83. The summed E-state index contributed by atoms with van der Waals surface area (Å²) in [6.45, 7) is 4.32. The van der Waals surface area contributed by atoms with Crippen LogP contribution in [0.5, 0.6) is 5.75 Å². The van der Waals surface area contributed by atoms with E-state index in [-0.39, 0.29) is 0 Å². The lowest BCUT2D eigenvalue weighted by Crippen LogP contribution is -1.95. The Balaban J connectivity index is 1.27. The van der Waals surface area contributed by atoms with Crippen molar-refractivity contribution in [1.82, 2.24) is 0 Å². The molecule has 9 aromatic carbocycles. The molecule has 1 aliphatic carbocycles. The molecule has 0 atom stereocenters. The van der Waals surface area contributed by atoms with Gasteiger partial charge in [-0.1, -0.05) is 175 Å². The third-order valence-electron chi connectivity index (χ3n) is 11.6. The number of methoxy groups -OCH3 is 1. The van der Waals surface area contributed by atoms with Crippen LogP contribution in [-0.4, -0.2) is 7.11 Å². The minimum absolute atomic E-state index is 0.881. The second-order valence-corrected chi connectivity index (χ2v) is 14.9. The Bertz CT molecular complexity index is 2920. The predicted octanol–water partition coefficient (Wildman–Crippen LogP) is 14.5. The van der Waals surface area contributed by atoms with Crippen molar-refractivity contribution >= 4 is 21.5 Å². The highest BCUT2D eigenvalue weighted by Crippen LogP contribution is 2.49. The number of benzene rings is 9. The van der Waals surface area contributed by atoms with E-state index in [0.717, 1.165) is 34.4 Å². The van der Waals surface area contributed by atoms with E-state index in [2.05, 4.69) is 190 Å². The first-order chi connectivity index (χ1) is 27.1.